The van der Waals surface area contributed by atoms with Crippen molar-refractivity contribution in [1.82, 2.24) is 4.90 Å². The Balaban J connectivity index is 2.02. The maximum atomic E-state index is 12.6. The van der Waals surface area contributed by atoms with Crippen molar-refractivity contribution in [1.29, 1.82) is 0 Å². The van der Waals surface area contributed by atoms with E-state index in [0.29, 0.717) is 30.2 Å². The van der Waals surface area contributed by atoms with E-state index in [1.165, 1.54) is 5.56 Å². The zero-order valence-electron chi connectivity index (χ0n) is 16.5. The van der Waals surface area contributed by atoms with Gasteiger partial charge >= 0.3 is 5.97 Å². The van der Waals surface area contributed by atoms with Gasteiger partial charge < -0.3 is 20.1 Å². The average Bonchev–Trinajstić information content (AvgIpc) is 2.66. The van der Waals surface area contributed by atoms with Gasteiger partial charge in [-0.25, -0.2) is 4.79 Å². The Kier molecular flexibility index (Phi) is 8.14. The third-order valence-electron chi connectivity index (χ3n) is 4.43. The first-order valence-electron chi connectivity index (χ1n) is 9.41. The van der Waals surface area contributed by atoms with Crippen molar-refractivity contribution < 1.29 is 14.3 Å². The van der Waals surface area contributed by atoms with Crippen LogP contribution in [0.4, 0.5) is 5.69 Å². The number of benzene rings is 2. The Morgan fingerprint density at radius 2 is 1.89 bits per heavy atom. The molecular formula is C22H30N2O3. The predicted molar refractivity (Wildman–Crippen MR) is 109 cm³/mol. The van der Waals surface area contributed by atoms with Crippen LogP contribution in [0.25, 0.3) is 0 Å². The van der Waals surface area contributed by atoms with Gasteiger partial charge in [0.15, 0.2) is 0 Å². The molecule has 5 nitrogen and oxygen atoms in total. The van der Waals surface area contributed by atoms with Gasteiger partial charge in [0, 0.05) is 17.8 Å². The van der Waals surface area contributed by atoms with E-state index >= 15 is 0 Å². The third kappa shape index (κ3) is 6.61. The van der Waals surface area contributed by atoms with Gasteiger partial charge in [0.2, 0.25) is 0 Å². The molecule has 1 atom stereocenters. The molecule has 5 heteroatoms. The number of hydrogen-bond donors (Lipinski definition) is 1. The molecule has 2 N–H and O–H groups in total. The molecule has 0 spiro atoms. The smallest absolute Gasteiger partial charge is 0.341 e. The van der Waals surface area contributed by atoms with Crippen molar-refractivity contribution in [2.24, 2.45) is 0 Å². The van der Waals surface area contributed by atoms with Gasteiger partial charge in [0.05, 0.1) is 6.61 Å². The number of unbranched alkanes of at least 4 members (excludes halogenated alkanes) is 1. The summed E-state index contributed by atoms with van der Waals surface area (Å²) in [6.07, 6.45) is 2.75. The maximum absolute atomic E-state index is 12.6. The van der Waals surface area contributed by atoms with Crippen LogP contribution in [-0.2, 0) is 11.2 Å². The number of rotatable bonds is 10. The van der Waals surface area contributed by atoms with Gasteiger partial charge in [-0.05, 0) is 44.6 Å². The summed E-state index contributed by atoms with van der Waals surface area (Å²) in [5, 5.41) is 0. The first-order valence-corrected chi connectivity index (χ1v) is 9.41. The number of hydrogen-bond acceptors (Lipinski definition) is 5. The van der Waals surface area contributed by atoms with Gasteiger partial charge in [-0.1, -0.05) is 43.7 Å². The third-order valence-corrected chi connectivity index (χ3v) is 4.43. The van der Waals surface area contributed by atoms with Crippen molar-refractivity contribution >= 4 is 11.7 Å². The summed E-state index contributed by atoms with van der Waals surface area (Å²) in [7, 11) is 3.98. The molecule has 2 aromatic carbocycles. The van der Waals surface area contributed by atoms with Crippen LogP contribution in [0.1, 0.15) is 35.7 Å². The Bertz CT molecular complexity index is 717. The summed E-state index contributed by atoms with van der Waals surface area (Å²) in [4.78, 5) is 14.7. The molecule has 146 valence electrons. The molecule has 0 saturated heterocycles. The minimum absolute atomic E-state index is 0.0922. The van der Waals surface area contributed by atoms with Crippen LogP contribution < -0.4 is 10.5 Å². The molecule has 2 aromatic rings. The topological polar surface area (TPSA) is 64.8 Å². The number of carbonyl (C=O) groups excluding carboxylic acids is 1. The first-order chi connectivity index (χ1) is 13.0. The number of likely N-dealkylation sites (N-methyl/N-ethyl adjacent to an activating group) is 1. The molecule has 0 saturated carbocycles. The van der Waals surface area contributed by atoms with Crippen LogP contribution in [0, 0.1) is 0 Å². The number of nitrogen functional groups attached to an aromatic ring is 1. The normalized spacial score (nSPS) is 12.0. The van der Waals surface area contributed by atoms with Crippen molar-refractivity contribution in [3.63, 3.8) is 0 Å². The summed E-state index contributed by atoms with van der Waals surface area (Å²) in [6.45, 7) is 2.94. The molecule has 0 radical (unpaired) electrons. The van der Waals surface area contributed by atoms with E-state index in [1.807, 2.05) is 32.3 Å². The Morgan fingerprint density at radius 1 is 1.15 bits per heavy atom. The molecule has 0 heterocycles. The Hall–Kier alpha value is -2.53. The molecule has 0 aliphatic carbocycles. The lowest BCUT2D eigenvalue weighted by molar-refractivity contribution is 0.0396. The molecule has 0 aromatic heterocycles. The van der Waals surface area contributed by atoms with Crippen molar-refractivity contribution in [3.8, 4) is 5.75 Å². The standard InChI is InChI=1S/C22H30N2O3/c1-4-5-13-26-21-15-18(23)11-12-20(21)22(25)27-16-19(24(2)3)14-17-9-7-6-8-10-17/h6-12,15,19H,4-5,13-14,16,23H2,1-3H3/t19-/m0/s1. The highest BCUT2D eigenvalue weighted by molar-refractivity contribution is 5.93. The fraction of sp³-hybridized carbons (Fsp3) is 0.409. The van der Waals surface area contributed by atoms with E-state index in [0.717, 1.165) is 19.3 Å². The summed E-state index contributed by atoms with van der Waals surface area (Å²) in [5.74, 6) is 0.0966. The van der Waals surface area contributed by atoms with E-state index < -0.39 is 0 Å². The highest BCUT2D eigenvalue weighted by atomic mass is 16.5. The van der Waals surface area contributed by atoms with E-state index in [-0.39, 0.29) is 12.0 Å². The zero-order chi connectivity index (χ0) is 19.6. The lowest BCUT2D eigenvalue weighted by Gasteiger charge is -2.24. The highest BCUT2D eigenvalue weighted by Crippen LogP contribution is 2.23. The molecule has 2 rings (SSSR count). The quantitative estimate of drug-likeness (QED) is 0.392. The van der Waals surface area contributed by atoms with Crippen LogP contribution in [0.2, 0.25) is 0 Å². The minimum atomic E-state index is -0.388. The lowest BCUT2D eigenvalue weighted by atomic mass is 10.1. The van der Waals surface area contributed by atoms with E-state index in [9.17, 15) is 4.79 Å². The molecule has 0 unspecified atom stereocenters. The monoisotopic (exact) mass is 370 g/mol. The van der Waals surface area contributed by atoms with Gasteiger partial charge in [-0.2, -0.15) is 0 Å². The maximum Gasteiger partial charge on any atom is 0.341 e. The van der Waals surface area contributed by atoms with Crippen LogP contribution >= 0.6 is 0 Å². The van der Waals surface area contributed by atoms with Gasteiger partial charge in [-0.3, -0.25) is 0 Å². The van der Waals surface area contributed by atoms with Gasteiger partial charge in [0.1, 0.15) is 17.9 Å². The van der Waals surface area contributed by atoms with Gasteiger partial charge in [0.25, 0.3) is 0 Å². The molecule has 0 fully saturated rings. The van der Waals surface area contributed by atoms with Crippen molar-refractivity contribution in [2.75, 3.05) is 33.0 Å². The zero-order valence-corrected chi connectivity index (χ0v) is 16.5. The predicted octanol–water partition coefficient (Wildman–Crippen LogP) is 3.78. The molecule has 0 aliphatic heterocycles. The SMILES string of the molecule is CCCCOc1cc(N)ccc1C(=O)OC[C@H](Cc1ccccc1)N(C)C. The number of carbonyl (C=O) groups is 1. The summed E-state index contributed by atoms with van der Waals surface area (Å²) in [6, 6.07) is 15.3. The molecule has 27 heavy (non-hydrogen) atoms. The highest BCUT2D eigenvalue weighted by Gasteiger charge is 2.19. The fourth-order valence-corrected chi connectivity index (χ4v) is 2.68. The van der Waals surface area contributed by atoms with Crippen LogP contribution in [0.15, 0.2) is 48.5 Å². The van der Waals surface area contributed by atoms with E-state index in [1.54, 1.807) is 18.2 Å². The summed E-state index contributed by atoms with van der Waals surface area (Å²) < 4.78 is 11.3. The second-order valence-corrected chi connectivity index (χ2v) is 6.86. The summed E-state index contributed by atoms with van der Waals surface area (Å²) >= 11 is 0. The lowest BCUT2D eigenvalue weighted by Crippen LogP contribution is -2.35. The first kappa shape index (κ1) is 20.8. The minimum Gasteiger partial charge on any atom is -0.493 e. The van der Waals surface area contributed by atoms with Crippen LogP contribution in [0.3, 0.4) is 0 Å². The Labute approximate surface area is 162 Å². The van der Waals surface area contributed by atoms with E-state index in [4.69, 9.17) is 15.2 Å². The molecule has 0 bridgehead atoms. The molecular weight excluding hydrogens is 340 g/mol. The van der Waals surface area contributed by atoms with Crippen LogP contribution in [-0.4, -0.2) is 44.2 Å². The number of nitrogens with zero attached hydrogens (tertiary/aromatic N) is 1. The molecule has 0 amide bonds. The Morgan fingerprint density at radius 3 is 2.56 bits per heavy atom. The van der Waals surface area contributed by atoms with E-state index in [2.05, 4.69) is 24.0 Å². The largest absolute Gasteiger partial charge is 0.493 e. The van der Waals surface area contributed by atoms with Crippen molar-refractivity contribution in [2.45, 2.75) is 32.2 Å². The summed E-state index contributed by atoms with van der Waals surface area (Å²) in [5.41, 5.74) is 8.03. The van der Waals surface area contributed by atoms with Gasteiger partial charge in [-0.15, -0.1) is 0 Å². The van der Waals surface area contributed by atoms with Crippen LogP contribution in [0.5, 0.6) is 5.75 Å². The second-order valence-electron chi connectivity index (χ2n) is 6.86. The second kappa shape index (κ2) is 10.6. The van der Waals surface area contributed by atoms with Crippen molar-refractivity contribution in [3.05, 3.63) is 59.7 Å². The average molecular weight is 370 g/mol. The number of anilines is 1. The molecule has 0 aliphatic rings. The fourth-order valence-electron chi connectivity index (χ4n) is 2.68. The number of nitrogens with two attached hydrogens (primary N) is 1. The number of esters is 1. The number of ether oxygens (including phenoxy) is 2.